The maximum Gasteiger partial charge on any atom is 0.0580 e. The topological polar surface area (TPSA) is 43.7 Å². The predicted octanol–water partition coefficient (Wildman–Crippen LogP) is 3.05. The number of likely N-dealkylation sites (tertiary alicyclic amines) is 1. The van der Waals surface area contributed by atoms with Gasteiger partial charge in [-0.2, -0.15) is 0 Å². The van der Waals surface area contributed by atoms with Gasteiger partial charge in [0.2, 0.25) is 0 Å². The number of nitrogens with zero attached hydrogens (tertiary/aromatic N) is 1. The van der Waals surface area contributed by atoms with Crippen LogP contribution in [0.4, 0.5) is 0 Å². The summed E-state index contributed by atoms with van der Waals surface area (Å²) >= 11 is 0. The van der Waals surface area contributed by atoms with Crippen LogP contribution in [-0.4, -0.2) is 47.0 Å². The van der Waals surface area contributed by atoms with Crippen LogP contribution in [0.15, 0.2) is 0 Å². The van der Waals surface area contributed by atoms with E-state index in [1.807, 2.05) is 0 Å². The Hall–Kier alpha value is -0.120. The summed E-state index contributed by atoms with van der Waals surface area (Å²) in [6, 6.07) is 0.638. The summed E-state index contributed by atoms with van der Waals surface area (Å²) in [5.41, 5.74) is 0.361. The molecule has 1 aliphatic heterocycles. The Kier molecular flexibility index (Phi) is 6.10. The van der Waals surface area contributed by atoms with E-state index in [1.165, 1.54) is 32.2 Å². The molecule has 4 unspecified atom stereocenters. The maximum absolute atomic E-state index is 10.4. The SMILES string of the molecule is CC(C)(C)C1CCC(O)C(CN2CCCC2CCCO)C1. The second kappa shape index (κ2) is 7.43. The summed E-state index contributed by atoms with van der Waals surface area (Å²) in [7, 11) is 0. The summed E-state index contributed by atoms with van der Waals surface area (Å²) in [6.07, 6.45) is 7.79. The van der Waals surface area contributed by atoms with Crippen molar-refractivity contribution in [3.8, 4) is 0 Å². The lowest BCUT2D eigenvalue weighted by Crippen LogP contribution is -2.42. The molecule has 0 aromatic heterocycles. The van der Waals surface area contributed by atoms with Crippen molar-refractivity contribution in [3.05, 3.63) is 0 Å². The summed E-state index contributed by atoms with van der Waals surface area (Å²) in [6.45, 7) is 9.57. The Labute approximate surface area is 130 Å². The predicted molar refractivity (Wildman–Crippen MR) is 87.2 cm³/mol. The van der Waals surface area contributed by atoms with Gasteiger partial charge in [-0.1, -0.05) is 20.8 Å². The molecular formula is C18H35NO2. The van der Waals surface area contributed by atoms with E-state index in [1.54, 1.807) is 0 Å². The molecule has 1 saturated heterocycles. The zero-order valence-corrected chi connectivity index (χ0v) is 14.2. The maximum atomic E-state index is 10.4. The highest BCUT2D eigenvalue weighted by atomic mass is 16.3. The first-order valence-corrected chi connectivity index (χ1v) is 8.94. The van der Waals surface area contributed by atoms with Crippen LogP contribution in [0.1, 0.15) is 65.7 Å². The molecule has 2 rings (SSSR count). The van der Waals surface area contributed by atoms with Crippen LogP contribution in [0.3, 0.4) is 0 Å². The fourth-order valence-corrected chi connectivity index (χ4v) is 4.32. The Bertz CT molecular complexity index is 313. The van der Waals surface area contributed by atoms with Crippen molar-refractivity contribution in [1.29, 1.82) is 0 Å². The van der Waals surface area contributed by atoms with Crippen molar-refractivity contribution in [2.75, 3.05) is 19.7 Å². The Morgan fingerprint density at radius 3 is 2.57 bits per heavy atom. The summed E-state index contributed by atoms with van der Waals surface area (Å²) < 4.78 is 0. The van der Waals surface area contributed by atoms with Crippen molar-refractivity contribution in [2.24, 2.45) is 17.3 Å². The van der Waals surface area contributed by atoms with E-state index in [0.29, 0.717) is 24.0 Å². The molecule has 0 amide bonds. The van der Waals surface area contributed by atoms with Gasteiger partial charge in [-0.15, -0.1) is 0 Å². The second-order valence-electron chi connectivity index (χ2n) is 8.36. The lowest BCUT2D eigenvalue weighted by molar-refractivity contribution is 0.000826. The molecule has 1 saturated carbocycles. The second-order valence-corrected chi connectivity index (χ2v) is 8.36. The molecule has 4 atom stereocenters. The smallest absolute Gasteiger partial charge is 0.0580 e. The number of aliphatic hydroxyl groups excluding tert-OH is 2. The standard InChI is InChI=1S/C18H35NO2/c1-18(2,3)15-8-9-17(21)14(12-15)13-19-10-4-6-16(19)7-5-11-20/h14-17,20-21H,4-13H2,1-3H3. The quantitative estimate of drug-likeness (QED) is 0.820. The van der Waals surface area contributed by atoms with Crippen LogP contribution in [0.25, 0.3) is 0 Å². The lowest BCUT2D eigenvalue weighted by Gasteiger charge is -2.42. The summed E-state index contributed by atoms with van der Waals surface area (Å²) in [5, 5.41) is 19.5. The molecule has 124 valence electrons. The third-order valence-electron chi connectivity index (χ3n) is 5.83. The van der Waals surface area contributed by atoms with Crippen LogP contribution in [0, 0.1) is 17.3 Å². The van der Waals surface area contributed by atoms with Gasteiger partial charge in [0, 0.05) is 19.2 Å². The van der Waals surface area contributed by atoms with Crippen molar-refractivity contribution in [2.45, 2.75) is 77.9 Å². The minimum absolute atomic E-state index is 0.109. The Morgan fingerprint density at radius 1 is 1.14 bits per heavy atom. The molecule has 2 N–H and O–H groups in total. The van der Waals surface area contributed by atoms with Crippen molar-refractivity contribution >= 4 is 0 Å². The van der Waals surface area contributed by atoms with Crippen LogP contribution >= 0.6 is 0 Å². The normalized spacial score (nSPS) is 35.3. The van der Waals surface area contributed by atoms with Gasteiger partial charge in [0.1, 0.15) is 0 Å². The molecule has 0 aromatic rings. The van der Waals surface area contributed by atoms with E-state index in [-0.39, 0.29) is 6.10 Å². The van der Waals surface area contributed by atoms with E-state index in [4.69, 9.17) is 5.11 Å². The van der Waals surface area contributed by atoms with E-state index >= 15 is 0 Å². The van der Waals surface area contributed by atoms with Crippen molar-refractivity contribution < 1.29 is 10.2 Å². The van der Waals surface area contributed by atoms with Crippen LogP contribution in [0.2, 0.25) is 0 Å². The zero-order valence-electron chi connectivity index (χ0n) is 14.2. The molecule has 0 bridgehead atoms. The summed E-state index contributed by atoms with van der Waals surface area (Å²) in [5.74, 6) is 1.18. The number of aliphatic hydroxyl groups is 2. The molecule has 0 radical (unpaired) electrons. The number of hydrogen-bond donors (Lipinski definition) is 2. The van der Waals surface area contributed by atoms with Crippen molar-refractivity contribution in [3.63, 3.8) is 0 Å². The lowest BCUT2D eigenvalue weighted by atomic mass is 9.68. The zero-order chi connectivity index (χ0) is 15.5. The van der Waals surface area contributed by atoms with E-state index in [0.717, 1.165) is 31.7 Å². The van der Waals surface area contributed by atoms with Gasteiger partial charge in [0.15, 0.2) is 0 Å². The van der Waals surface area contributed by atoms with Crippen molar-refractivity contribution in [1.82, 2.24) is 4.90 Å². The Balaban J connectivity index is 1.90. The molecule has 2 aliphatic rings. The average molecular weight is 297 g/mol. The molecule has 2 fully saturated rings. The van der Waals surface area contributed by atoms with Crippen LogP contribution in [-0.2, 0) is 0 Å². The van der Waals surface area contributed by atoms with E-state index < -0.39 is 0 Å². The molecule has 21 heavy (non-hydrogen) atoms. The molecule has 3 heteroatoms. The molecule has 0 spiro atoms. The minimum Gasteiger partial charge on any atom is -0.396 e. The minimum atomic E-state index is -0.109. The highest BCUT2D eigenvalue weighted by molar-refractivity contribution is 4.89. The first kappa shape index (κ1) is 17.2. The summed E-state index contributed by atoms with van der Waals surface area (Å²) in [4.78, 5) is 2.59. The number of hydrogen-bond acceptors (Lipinski definition) is 3. The molecule has 0 aromatic carbocycles. The first-order chi connectivity index (χ1) is 9.91. The van der Waals surface area contributed by atoms with Gasteiger partial charge >= 0.3 is 0 Å². The monoisotopic (exact) mass is 297 g/mol. The van der Waals surface area contributed by atoms with E-state index in [2.05, 4.69) is 25.7 Å². The van der Waals surface area contributed by atoms with Gasteiger partial charge in [-0.3, -0.25) is 0 Å². The largest absolute Gasteiger partial charge is 0.396 e. The van der Waals surface area contributed by atoms with Gasteiger partial charge in [0.25, 0.3) is 0 Å². The fourth-order valence-electron chi connectivity index (χ4n) is 4.32. The molecule has 1 heterocycles. The highest BCUT2D eigenvalue weighted by Gasteiger charge is 2.37. The molecule has 1 aliphatic carbocycles. The van der Waals surface area contributed by atoms with Crippen LogP contribution in [0.5, 0.6) is 0 Å². The Morgan fingerprint density at radius 2 is 1.90 bits per heavy atom. The highest BCUT2D eigenvalue weighted by Crippen LogP contribution is 2.41. The first-order valence-electron chi connectivity index (χ1n) is 8.94. The molecular weight excluding hydrogens is 262 g/mol. The van der Waals surface area contributed by atoms with Gasteiger partial charge in [0.05, 0.1) is 6.10 Å². The van der Waals surface area contributed by atoms with Gasteiger partial charge < -0.3 is 15.1 Å². The van der Waals surface area contributed by atoms with E-state index in [9.17, 15) is 5.11 Å². The fraction of sp³-hybridized carbons (Fsp3) is 1.00. The number of rotatable bonds is 5. The average Bonchev–Trinajstić information content (AvgIpc) is 2.85. The third-order valence-corrected chi connectivity index (χ3v) is 5.83. The van der Waals surface area contributed by atoms with Gasteiger partial charge in [-0.25, -0.2) is 0 Å². The van der Waals surface area contributed by atoms with Crippen LogP contribution < -0.4 is 0 Å². The molecule has 3 nitrogen and oxygen atoms in total. The van der Waals surface area contributed by atoms with Gasteiger partial charge in [-0.05, 0) is 68.7 Å². The third kappa shape index (κ3) is 4.67.